The molecular weight excluding hydrogens is 323 g/mol. The molecule has 130 valence electrons. The van der Waals surface area contributed by atoms with Gasteiger partial charge in [-0.25, -0.2) is 9.37 Å². The van der Waals surface area contributed by atoms with E-state index in [0.29, 0.717) is 5.69 Å². The molecule has 1 aliphatic rings. The van der Waals surface area contributed by atoms with E-state index in [1.807, 2.05) is 19.0 Å². The zero-order chi connectivity index (χ0) is 18.0. The van der Waals surface area contributed by atoms with Gasteiger partial charge in [0.2, 0.25) is 11.8 Å². The predicted octanol–water partition coefficient (Wildman–Crippen LogP) is 2.28. The maximum atomic E-state index is 13.9. The summed E-state index contributed by atoms with van der Waals surface area (Å²) in [6.07, 6.45) is 1.63. The number of aromatic nitrogens is 1. The van der Waals surface area contributed by atoms with Gasteiger partial charge in [0.1, 0.15) is 11.6 Å². The van der Waals surface area contributed by atoms with Gasteiger partial charge in [-0.1, -0.05) is 12.1 Å². The van der Waals surface area contributed by atoms with Crippen molar-refractivity contribution < 1.29 is 14.0 Å². The van der Waals surface area contributed by atoms with Gasteiger partial charge in [-0.3, -0.25) is 9.59 Å². The highest BCUT2D eigenvalue weighted by Gasteiger charge is 2.36. The summed E-state index contributed by atoms with van der Waals surface area (Å²) in [5.74, 6) is -0.751. The molecule has 1 aromatic heterocycles. The topological polar surface area (TPSA) is 65.5 Å². The molecule has 6 nitrogen and oxygen atoms in total. The smallest absolute Gasteiger partial charge is 0.229 e. The van der Waals surface area contributed by atoms with E-state index in [1.165, 1.54) is 17.0 Å². The maximum Gasteiger partial charge on any atom is 0.229 e. The quantitative estimate of drug-likeness (QED) is 0.926. The molecule has 7 heteroatoms. The molecule has 1 aromatic carbocycles. The first kappa shape index (κ1) is 16.9. The van der Waals surface area contributed by atoms with Gasteiger partial charge in [0.25, 0.3) is 0 Å². The molecule has 1 fully saturated rings. The number of nitrogens with one attached hydrogen (secondary N) is 1. The van der Waals surface area contributed by atoms with Gasteiger partial charge in [-0.2, -0.15) is 0 Å². The minimum absolute atomic E-state index is 0.0589. The summed E-state index contributed by atoms with van der Waals surface area (Å²) in [4.78, 5) is 32.0. The fourth-order valence-corrected chi connectivity index (χ4v) is 2.76. The van der Waals surface area contributed by atoms with Crippen molar-refractivity contribution in [3.05, 3.63) is 48.4 Å². The van der Waals surface area contributed by atoms with E-state index < -0.39 is 11.7 Å². The Morgan fingerprint density at radius 3 is 2.68 bits per heavy atom. The Hall–Kier alpha value is -2.96. The molecule has 3 rings (SSSR count). The van der Waals surface area contributed by atoms with Gasteiger partial charge >= 0.3 is 0 Å². The molecule has 1 atom stereocenters. The van der Waals surface area contributed by atoms with Gasteiger partial charge in [-0.05, 0) is 24.3 Å². The molecular formula is C18H19FN4O2. The van der Waals surface area contributed by atoms with Crippen molar-refractivity contribution in [1.29, 1.82) is 0 Å². The average molecular weight is 342 g/mol. The standard InChI is InChI=1S/C18H19FN4O2/c1-22(2)16-8-7-13(10-20-16)21-18(25)12-9-17(24)23(11-12)15-6-4-3-5-14(15)19/h3-8,10,12H,9,11H2,1-2H3,(H,21,25)/t12-/m0/s1. The summed E-state index contributed by atoms with van der Waals surface area (Å²) in [5, 5.41) is 2.76. The lowest BCUT2D eigenvalue weighted by atomic mass is 10.1. The number of halogens is 1. The Bertz CT molecular complexity index is 792. The summed E-state index contributed by atoms with van der Waals surface area (Å²) < 4.78 is 13.9. The van der Waals surface area contributed by atoms with Crippen molar-refractivity contribution in [2.75, 3.05) is 35.8 Å². The molecule has 0 unspecified atom stereocenters. The van der Waals surface area contributed by atoms with Crippen molar-refractivity contribution in [3.63, 3.8) is 0 Å². The normalized spacial score (nSPS) is 16.8. The van der Waals surface area contributed by atoms with Gasteiger partial charge in [0, 0.05) is 27.1 Å². The molecule has 2 aromatic rings. The van der Waals surface area contributed by atoms with E-state index in [0.717, 1.165) is 5.82 Å². The summed E-state index contributed by atoms with van der Waals surface area (Å²) in [6, 6.07) is 9.61. The molecule has 1 saturated heterocycles. The monoisotopic (exact) mass is 342 g/mol. The largest absolute Gasteiger partial charge is 0.363 e. The second-order valence-corrected chi connectivity index (χ2v) is 6.15. The highest BCUT2D eigenvalue weighted by molar-refractivity contribution is 6.03. The SMILES string of the molecule is CN(C)c1ccc(NC(=O)[C@H]2CC(=O)N(c3ccccc3F)C2)cn1. The number of amides is 2. The third kappa shape index (κ3) is 3.60. The number of anilines is 3. The first-order valence-electron chi connectivity index (χ1n) is 7.95. The number of nitrogens with zero attached hydrogens (tertiary/aromatic N) is 3. The lowest BCUT2D eigenvalue weighted by molar-refractivity contribution is -0.122. The lowest BCUT2D eigenvalue weighted by Gasteiger charge is -2.17. The molecule has 0 radical (unpaired) electrons. The summed E-state index contributed by atoms with van der Waals surface area (Å²) in [7, 11) is 3.75. The number of benzene rings is 1. The Morgan fingerprint density at radius 1 is 1.28 bits per heavy atom. The van der Waals surface area contributed by atoms with E-state index in [9.17, 15) is 14.0 Å². The number of hydrogen-bond donors (Lipinski definition) is 1. The number of carbonyl (C=O) groups is 2. The average Bonchev–Trinajstić information content (AvgIpc) is 2.97. The highest BCUT2D eigenvalue weighted by atomic mass is 19.1. The van der Waals surface area contributed by atoms with Crippen LogP contribution in [0.15, 0.2) is 42.6 Å². The maximum absolute atomic E-state index is 13.9. The zero-order valence-electron chi connectivity index (χ0n) is 14.1. The summed E-state index contributed by atoms with van der Waals surface area (Å²) >= 11 is 0. The molecule has 1 aliphatic heterocycles. The number of para-hydroxylation sites is 1. The summed E-state index contributed by atoms with van der Waals surface area (Å²) in [6.45, 7) is 0.162. The van der Waals surface area contributed by atoms with E-state index >= 15 is 0 Å². The molecule has 2 heterocycles. The van der Waals surface area contributed by atoms with Crippen LogP contribution < -0.4 is 15.1 Å². The number of rotatable bonds is 4. The van der Waals surface area contributed by atoms with Crippen molar-refractivity contribution in [1.82, 2.24) is 4.98 Å². The van der Waals surface area contributed by atoms with Crippen LogP contribution in [0.2, 0.25) is 0 Å². The number of hydrogen-bond acceptors (Lipinski definition) is 4. The Balaban J connectivity index is 1.67. The van der Waals surface area contributed by atoms with Crippen LogP contribution in [-0.2, 0) is 9.59 Å². The molecule has 1 N–H and O–H groups in total. The third-order valence-electron chi connectivity index (χ3n) is 4.11. The fourth-order valence-electron chi connectivity index (χ4n) is 2.76. The minimum Gasteiger partial charge on any atom is -0.363 e. The third-order valence-corrected chi connectivity index (χ3v) is 4.11. The highest BCUT2D eigenvalue weighted by Crippen LogP contribution is 2.28. The Labute approximate surface area is 145 Å². The van der Waals surface area contributed by atoms with E-state index in [1.54, 1.807) is 30.5 Å². The van der Waals surface area contributed by atoms with E-state index in [-0.39, 0.29) is 30.5 Å². The van der Waals surface area contributed by atoms with Crippen LogP contribution in [0.5, 0.6) is 0 Å². The Morgan fingerprint density at radius 2 is 2.04 bits per heavy atom. The second-order valence-electron chi connectivity index (χ2n) is 6.15. The van der Waals surface area contributed by atoms with Gasteiger partial charge in [0.15, 0.2) is 0 Å². The van der Waals surface area contributed by atoms with Crippen LogP contribution in [0.1, 0.15) is 6.42 Å². The molecule has 0 saturated carbocycles. The first-order valence-corrected chi connectivity index (χ1v) is 7.95. The van der Waals surface area contributed by atoms with Crippen molar-refractivity contribution in [3.8, 4) is 0 Å². The Kier molecular flexibility index (Phi) is 4.65. The fraction of sp³-hybridized carbons (Fsp3) is 0.278. The van der Waals surface area contributed by atoms with E-state index in [2.05, 4.69) is 10.3 Å². The minimum atomic E-state index is -0.527. The van der Waals surface area contributed by atoms with Crippen LogP contribution in [-0.4, -0.2) is 37.4 Å². The van der Waals surface area contributed by atoms with Crippen LogP contribution in [0.25, 0.3) is 0 Å². The van der Waals surface area contributed by atoms with Crippen LogP contribution >= 0.6 is 0 Å². The first-order chi connectivity index (χ1) is 12.0. The second kappa shape index (κ2) is 6.88. The van der Waals surface area contributed by atoms with Crippen LogP contribution in [0.4, 0.5) is 21.6 Å². The lowest BCUT2D eigenvalue weighted by Crippen LogP contribution is -2.28. The van der Waals surface area contributed by atoms with Crippen LogP contribution in [0.3, 0.4) is 0 Å². The molecule has 0 spiro atoms. The van der Waals surface area contributed by atoms with Crippen molar-refractivity contribution >= 4 is 29.0 Å². The van der Waals surface area contributed by atoms with Crippen molar-refractivity contribution in [2.24, 2.45) is 5.92 Å². The van der Waals surface area contributed by atoms with Gasteiger partial charge < -0.3 is 15.1 Å². The van der Waals surface area contributed by atoms with Crippen molar-refractivity contribution in [2.45, 2.75) is 6.42 Å². The number of pyridine rings is 1. The van der Waals surface area contributed by atoms with Crippen LogP contribution in [0, 0.1) is 11.7 Å². The molecule has 25 heavy (non-hydrogen) atoms. The summed E-state index contributed by atoms with van der Waals surface area (Å²) in [5.41, 5.74) is 0.771. The molecule has 0 aliphatic carbocycles. The van der Waals surface area contributed by atoms with Gasteiger partial charge in [0.05, 0.1) is 23.5 Å². The van der Waals surface area contributed by atoms with Gasteiger partial charge in [-0.15, -0.1) is 0 Å². The molecule has 0 bridgehead atoms. The predicted molar refractivity (Wildman–Crippen MR) is 94.1 cm³/mol. The zero-order valence-corrected chi connectivity index (χ0v) is 14.1. The molecule has 2 amide bonds. The van der Waals surface area contributed by atoms with E-state index in [4.69, 9.17) is 0 Å². The number of carbonyl (C=O) groups excluding carboxylic acids is 2.